The van der Waals surface area contributed by atoms with Gasteiger partial charge >= 0.3 is 0 Å². The number of nitrogens with one attached hydrogen (secondary N) is 1. The molecular formula is C19H27NO. The highest BCUT2D eigenvalue weighted by Crippen LogP contribution is 2.32. The molecule has 0 atom stereocenters. The van der Waals surface area contributed by atoms with Crippen molar-refractivity contribution < 1.29 is 4.42 Å². The first-order chi connectivity index (χ1) is 9.98. The molecule has 0 radical (unpaired) electrons. The number of aryl methyl sites for hydroxylation is 3. The van der Waals surface area contributed by atoms with Gasteiger partial charge in [0.1, 0.15) is 11.3 Å². The Bertz CT molecular complexity index is 646. The van der Waals surface area contributed by atoms with Crippen molar-refractivity contribution in [3.63, 3.8) is 0 Å². The first-order valence-electron chi connectivity index (χ1n) is 8.29. The maximum Gasteiger partial charge on any atom is 0.134 e. The third-order valence-corrected chi connectivity index (χ3v) is 4.47. The zero-order valence-electron chi connectivity index (χ0n) is 13.8. The molecule has 21 heavy (non-hydrogen) atoms. The molecule has 0 bridgehead atoms. The van der Waals surface area contributed by atoms with Gasteiger partial charge in [-0.15, -0.1) is 0 Å². The summed E-state index contributed by atoms with van der Waals surface area (Å²) in [5.41, 5.74) is 5.62. The molecule has 0 fully saturated rings. The normalized spacial score (nSPS) is 15.4. The third-order valence-electron chi connectivity index (χ3n) is 4.47. The molecule has 0 unspecified atom stereocenters. The minimum atomic E-state index is 0.114. The van der Waals surface area contributed by atoms with Crippen LogP contribution in [0.2, 0.25) is 0 Å². The Morgan fingerprint density at radius 2 is 1.76 bits per heavy atom. The van der Waals surface area contributed by atoms with Crippen LogP contribution in [0.25, 0.3) is 11.0 Å². The molecule has 0 amide bonds. The van der Waals surface area contributed by atoms with E-state index in [9.17, 15) is 0 Å². The fourth-order valence-electron chi connectivity index (χ4n) is 3.30. The van der Waals surface area contributed by atoms with Crippen LogP contribution in [0.4, 0.5) is 0 Å². The second-order valence-corrected chi connectivity index (χ2v) is 7.29. The van der Waals surface area contributed by atoms with Gasteiger partial charge in [-0.2, -0.15) is 0 Å². The monoisotopic (exact) mass is 285 g/mol. The standard InChI is InChI=1S/C19H27NO/c1-5-15-16-10-13-8-6-7-9-14(13)11-17(16)21-18(15)12-20-19(2,3)4/h10-11,20H,5-9,12H2,1-4H3. The minimum absolute atomic E-state index is 0.114. The van der Waals surface area contributed by atoms with E-state index in [1.54, 1.807) is 5.56 Å². The van der Waals surface area contributed by atoms with Gasteiger partial charge in [0.15, 0.2) is 0 Å². The lowest BCUT2D eigenvalue weighted by atomic mass is 9.90. The van der Waals surface area contributed by atoms with Crippen molar-refractivity contribution >= 4 is 11.0 Å². The van der Waals surface area contributed by atoms with Crippen LogP contribution in [0.3, 0.4) is 0 Å². The highest BCUT2D eigenvalue weighted by Gasteiger charge is 2.18. The van der Waals surface area contributed by atoms with Gasteiger partial charge < -0.3 is 9.73 Å². The van der Waals surface area contributed by atoms with Gasteiger partial charge in [0, 0.05) is 16.5 Å². The predicted molar refractivity (Wildman–Crippen MR) is 88.8 cm³/mol. The first kappa shape index (κ1) is 14.6. The SMILES string of the molecule is CCc1c(CNC(C)(C)C)oc2cc3c(cc12)CCCC3. The second kappa shape index (κ2) is 5.49. The summed E-state index contributed by atoms with van der Waals surface area (Å²) in [5.74, 6) is 1.12. The number of fused-ring (bicyclic) bond motifs is 2. The van der Waals surface area contributed by atoms with Crippen LogP contribution in [0.1, 0.15) is 63.0 Å². The maximum atomic E-state index is 6.19. The topological polar surface area (TPSA) is 25.2 Å². The van der Waals surface area contributed by atoms with E-state index in [1.807, 2.05) is 0 Å². The summed E-state index contributed by atoms with van der Waals surface area (Å²) in [4.78, 5) is 0. The van der Waals surface area contributed by atoms with Gasteiger partial charge in [0.2, 0.25) is 0 Å². The number of rotatable bonds is 3. The summed E-state index contributed by atoms with van der Waals surface area (Å²) in [7, 11) is 0. The number of furan rings is 1. The van der Waals surface area contributed by atoms with E-state index in [4.69, 9.17) is 4.42 Å². The molecule has 114 valence electrons. The van der Waals surface area contributed by atoms with Gasteiger partial charge in [-0.25, -0.2) is 0 Å². The molecule has 1 aromatic carbocycles. The smallest absolute Gasteiger partial charge is 0.134 e. The highest BCUT2D eigenvalue weighted by molar-refractivity contribution is 5.84. The lowest BCUT2D eigenvalue weighted by Gasteiger charge is -2.19. The van der Waals surface area contributed by atoms with Crippen LogP contribution in [-0.4, -0.2) is 5.54 Å². The summed E-state index contributed by atoms with van der Waals surface area (Å²) in [6.07, 6.45) is 6.12. The molecule has 0 saturated carbocycles. The van der Waals surface area contributed by atoms with Crippen molar-refractivity contribution in [3.8, 4) is 0 Å². The summed E-state index contributed by atoms with van der Waals surface area (Å²) < 4.78 is 6.19. The molecule has 1 heterocycles. The molecule has 2 aromatic rings. The lowest BCUT2D eigenvalue weighted by Crippen LogP contribution is -2.35. The van der Waals surface area contributed by atoms with Crippen molar-refractivity contribution in [2.24, 2.45) is 0 Å². The molecule has 2 heteroatoms. The van der Waals surface area contributed by atoms with E-state index in [-0.39, 0.29) is 5.54 Å². The quantitative estimate of drug-likeness (QED) is 0.879. The zero-order chi connectivity index (χ0) is 15.0. The maximum absolute atomic E-state index is 6.19. The van der Waals surface area contributed by atoms with E-state index in [2.05, 4.69) is 45.1 Å². The van der Waals surface area contributed by atoms with Crippen LogP contribution in [0.15, 0.2) is 16.5 Å². The summed E-state index contributed by atoms with van der Waals surface area (Å²) in [6.45, 7) is 9.62. The van der Waals surface area contributed by atoms with Crippen molar-refractivity contribution in [2.45, 2.75) is 71.9 Å². The van der Waals surface area contributed by atoms with Crippen molar-refractivity contribution in [3.05, 3.63) is 34.6 Å². The molecule has 0 spiro atoms. The fraction of sp³-hybridized carbons (Fsp3) is 0.579. The molecule has 1 aromatic heterocycles. The van der Waals surface area contributed by atoms with Crippen LogP contribution < -0.4 is 5.32 Å². The van der Waals surface area contributed by atoms with E-state index in [0.29, 0.717) is 0 Å². The second-order valence-electron chi connectivity index (χ2n) is 7.29. The summed E-state index contributed by atoms with van der Waals surface area (Å²) in [6, 6.07) is 4.69. The molecule has 1 aliphatic carbocycles. The fourth-order valence-corrected chi connectivity index (χ4v) is 3.30. The Morgan fingerprint density at radius 1 is 1.10 bits per heavy atom. The summed E-state index contributed by atoms with van der Waals surface area (Å²) >= 11 is 0. The van der Waals surface area contributed by atoms with E-state index >= 15 is 0 Å². The largest absolute Gasteiger partial charge is 0.459 e. The Hall–Kier alpha value is -1.28. The molecular weight excluding hydrogens is 258 g/mol. The molecule has 0 aliphatic heterocycles. The van der Waals surface area contributed by atoms with Crippen molar-refractivity contribution in [1.82, 2.24) is 5.32 Å². The van der Waals surface area contributed by atoms with Crippen LogP contribution >= 0.6 is 0 Å². The predicted octanol–water partition coefficient (Wildman–Crippen LogP) is 4.76. The Kier molecular flexibility index (Phi) is 3.83. The average molecular weight is 285 g/mol. The molecule has 1 aliphatic rings. The van der Waals surface area contributed by atoms with Gasteiger partial charge in [-0.3, -0.25) is 0 Å². The lowest BCUT2D eigenvalue weighted by molar-refractivity contribution is 0.393. The van der Waals surface area contributed by atoms with Crippen LogP contribution in [0, 0.1) is 0 Å². The molecule has 1 N–H and O–H groups in total. The van der Waals surface area contributed by atoms with Crippen molar-refractivity contribution in [1.29, 1.82) is 0 Å². The Morgan fingerprint density at radius 3 is 2.38 bits per heavy atom. The van der Waals surface area contributed by atoms with E-state index in [1.165, 1.54) is 42.2 Å². The Labute approximate surface area is 127 Å². The van der Waals surface area contributed by atoms with Crippen LogP contribution in [0.5, 0.6) is 0 Å². The number of hydrogen-bond donors (Lipinski definition) is 1. The third kappa shape index (κ3) is 3.01. The molecule has 3 rings (SSSR count). The van der Waals surface area contributed by atoms with Gasteiger partial charge in [-0.1, -0.05) is 6.92 Å². The van der Waals surface area contributed by atoms with Gasteiger partial charge in [0.25, 0.3) is 0 Å². The average Bonchev–Trinajstić information content (AvgIpc) is 2.78. The first-order valence-corrected chi connectivity index (χ1v) is 8.29. The zero-order valence-corrected chi connectivity index (χ0v) is 13.8. The van der Waals surface area contributed by atoms with E-state index in [0.717, 1.165) is 24.3 Å². The minimum Gasteiger partial charge on any atom is -0.459 e. The van der Waals surface area contributed by atoms with E-state index < -0.39 is 0 Å². The highest BCUT2D eigenvalue weighted by atomic mass is 16.3. The van der Waals surface area contributed by atoms with Gasteiger partial charge in [0.05, 0.1) is 6.54 Å². The number of benzene rings is 1. The van der Waals surface area contributed by atoms with Gasteiger partial charge in [-0.05, 0) is 76.1 Å². The number of hydrogen-bond acceptors (Lipinski definition) is 2. The molecule has 2 nitrogen and oxygen atoms in total. The summed E-state index contributed by atoms with van der Waals surface area (Å²) in [5, 5.41) is 4.89. The van der Waals surface area contributed by atoms with Crippen molar-refractivity contribution in [2.75, 3.05) is 0 Å². The Balaban J connectivity index is 2.01. The van der Waals surface area contributed by atoms with Crippen LogP contribution in [-0.2, 0) is 25.8 Å². The molecule has 0 saturated heterocycles.